The number of hydrogen-bond acceptors (Lipinski definition) is 3. The fourth-order valence-corrected chi connectivity index (χ4v) is 4.14. The summed E-state index contributed by atoms with van der Waals surface area (Å²) >= 11 is 7.03. The standard InChI is InChI=1S/C21H16N2OS2/c24-20-19(22-21(25)23(20)16-9-5-2-6-10-16)14-18-12-11-17(26-18)13-15-7-3-1-4-8-15/h1-12,14H,13H2,(H,22,25)/b19-14+. The summed E-state index contributed by atoms with van der Waals surface area (Å²) in [5.74, 6) is -0.126. The van der Waals surface area contributed by atoms with Crippen LogP contribution in [0.3, 0.4) is 0 Å². The summed E-state index contributed by atoms with van der Waals surface area (Å²) in [4.78, 5) is 16.6. The maximum absolute atomic E-state index is 12.7. The first-order chi connectivity index (χ1) is 12.7. The van der Waals surface area contributed by atoms with E-state index in [4.69, 9.17) is 12.2 Å². The third-order valence-corrected chi connectivity index (χ3v) is 5.40. The van der Waals surface area contributed by atoms with Gasteiger partial charge in [-0.05, 0) is 48.1 Å². The van der Waals surface area contributed by atoms with Gasteiger partial charge in [0.15, 0.2) is 5.11 Å². The van der Waals surface area contributed by atoms with Gasteiger partial charge >= 0.3 is 0 Å². The molecule has 1 aromatic heterocycles. The molecule has 26 heavy (non-hydrogen) atoms. The minimum absolute atomic E-state index is 0.126. The molecule has 128 valence electrons. The highest BCUT2D eigenvalue weighted by Gasteiger charge is 2.31. The summed E-state index contributed by atoms with van der Waals surface area (Å²) in [6.07, 6.45) is 2.77. The zero-order valence-electron chi connectivity index (χ0n) is 13.9. The molecule has 1 fully saturated rings. The third kappa shape index (κ3) is 3.45. The van der Waals surface area contributed by atoms with E-state index in [-0.39, 0.29) is 5.91 Å². The van der Waals surface area contributed by atoms with Crippen LogP contribution < -0.4 is 10.2 Å². The van der Waals surface area contributed by atoms with Crippen molar-refractivity contribution >= 4 is 46.3 Å². The predicted octanol–water partition coefficient (Wildman–Crippen LogP) is 4.60. The van der Waals surface area contributed by atoms with E-state index in [1.165, 1.54) is 15.3 Å². The van der Waals surface area contributed by atoms with Crippen molar-refractivity contribution in [2.24, 2.45) is 0 Å². The van der Waals surface area contributed by atoms with Crippen molar-refractivity contribution in [3.8, 4) is 0 Å². The first kappa shape index (κ1) is 16.7. The number of thiophene rings is 1. The summed E-state index contributed by atoms with van der Waals surface area (Å²) in [6, 6.07) is 23.9. The molecule has 0 bridgehead atoms. The highest BCUT2D eigenvalue weighted by molar-refractivity contribution is 7.80. The molecule has 4 rings (SSSR count). The molecule has 0 atom stereocenters. The van der Waals surface area contributed by atoms with Gasteiger partial charge in [0.2, 0.25) is 0 Å². The zero-order chi connectivity index (χ0) is 17.9. The second-order valence-electron chi connectivity index (χ2n) is 5.93. The number of thiocarbonyl (C=S) groups is 1. The van der Waals surface area contributed by atoms with Gasteiger partial charge in [0, 0.05) is 16.2 Å². The third-order valence-electron chi connectivity index (χ3n) is 4.08. The minimum Gasteiger partial charge on any atom is -0.327 e. The van der Waals surface area contributed by atoms with Crippen LogP contribution in [0.2, 0.25) is 0 Å². The lowest BCUT2D eigenvalue weighted by molar-refractivity contribution is -0.113. The fourth-order valence-electron chi connectivity index (χ4n) is 2.85. The average molecular weight is 377 g/mol. The summed E-state index contributed by atoms with van der Waals surface area (Å²) in [5, 5.41) is 3.45. The van der Waals surface area contributed by atoms with Crippen molar-refractivity contribution in [1.29, 1.82) is 0 Å². The Morgan fingerprint density at radius 2 is 1.65 bits per heavy atom. The Labute approximate surface area is 161 Å². The van der Waals surface area contributed by atoms with Crippen molar-refractivity contribution < 1.29 is 4.79 Å². The number of rotatable bonds is 4. The van der Waals surface area contributed by atoms with Crippen molar-refractivity contribution in [3.05, 3.63) is 93.8 Å². The number of para-hydroxylation sites is 1. The molecular formula is C21H16N2OS2. The summed E-state index contributed by atoms with van der Waals surface area (Å²) in [6.45, 7) is 0. The van der Waals surface area contributed by atoms with Gasteiger partial charge in [-0.2, -0.15) is 0 Å². The molecule has 0 radical (unpaired) electrons. The number of nitrogens with one attached hydrogen (secondary N) is 1. The van der Waals surface area contributed by atoms with Crippen LogP contribution in [0.25, 0.3) is 6.08 Å². The van der Waals surface area contributed by atoms with Crippen LogP contribution >= 0.6 is 23.6 Å². The quantitative estimate of drug-likeness (QED) is 0.533. The van der Waals surface area contributed by atoms with E-state index in [0.717, 1.165) is 17.0 Å². The molecule has 0 unspecified atom stereocenters. The molecule has 1 aliphatic rings. The van der Waals surface area contributed by atoms with E-state index in [1.807, 2.05) is 60.7 Å². The number of anilines is 1. The number of carbonyl (C=O) groups is 1. The van der Waals surface area contributed by atoms with Crippen molar-refractivity contribution in [2.75, 3.05) is 4.90 Å². The maximum Gasteiger partial charge on any atom is 0.281 e. The molecule has 1 N–H and O–H groups in total. The Bertz CT molecular complexity index is 978. The smallest absolute Gasteiger partial charge is 0.281 e. The van der Waals surface area contributed by atoms with Crippen LogP contribution in [-0.2, 0) is 11.2 Å². The Kier molecular flexibility index (Phi) is 4.65. The predicted molar refractivity (Wildman–Crippen MR) is 111 cm³/mol. The summed E-state index contributed by atoms with van der Waals surface area (Å²) < 4.78 is 0. The average Bonchev–Trinajstić information content (AvgIpc) is 3.21. The molecule has 1 amide bonds. The molecule has 2 aromatic carbocycles. The number of amides is 1. The lowest BCUT2D eigenvalue weighted by atomic mass is 10.1. The van der Waals surface area contributed by atoms with E-state index in [2.05, 4.69) is 23.5 Å². The van der Waals surface area contributed by atoms with Gasteiger partial charge in [-0.15, -0.1) is 11.3 Å². The highest BCUT2D eigenvalue weighted by Crippen LogP contribution is 2.25. The lowest BCUT2D eigenvalue weighted by Crippen LogP contribution is -2.30. The van der Waals surface area contributed by atoms with E-state index >= 15 is 0 Å². The first-order valence-corrected chi connectivity index (χ1v) is 9.48. The first-order valence-electron chi connectivity index (χ1n) is 8.25. The largest absolute Gasteiger partial charge is 0.327 e. The van der Waals surface area contributed by atoms with E-state index in [9.17, 15) is 4.79 Å². The van der Waals surface area contributed by atoms with Crippen LogP contribution in [0, 0.1) is 0 Å². The van der Waals surface area contributed by atoms with E-state index in [1.54, 1.807) is 11.3 Å². The number of nitrogens with zero attached hydrogens (tertiary/aromatic N) is 1. The number of hydrogen-bond donors (Lipinski definition) is 1. The molecule has 3 nitrogen and oxygen atoms in total. The van der Waals surface area contributed by atoms with Gasteiger partial charge in [0.05, 0.1) is 5.69 Å². The SMILES string of the molecule is O=C1/C(=C\c2ccc(Cc3ccccc3)s2)NC(=S)N1c1ccccc1. The molecule has 3 aromatic rings. The number of carbonyl (C=O) groups excluding carboxylic acids is 1. The van der Waals surface area contributed by atoms with Gasteiger partial charge in [-0.3, -0.25) is 9.69 Å². The van der Waals surface area contributed by atoms with E-state index in [0.29, 0.717) is 10.8 Å². The second-order valence-corrected chi connectivity index (χ2v) is 7.52. The van der Waals surface area contributed by atoms with Crippen molar-refractivity contribution in [1.82, 2.24) is 5.32 Å². The maximum atomic E-state index is 12.7. The van der Waals surface area contributed by atoms with Crippen LogP contribution in [0.1, 0.15) is 15.3 Å². The van der Waals surface area contributed by atoms with Crippen LogP contribution in [-0.4, -0.2) is 11.0 Å². The van der Waals surface area contributed by atoms with Gasteiger partial charge in [0.1, 0.15) is 5.70 Å². The molecule has 2 heterocycles. The second kappa shape index (κ2) is 7.23. The fraction of sp³-hybridized carbons (Fsp3) is 0.0476. The van der Waals surface area contributed by atoms with Crippen LogP contribution in [0.5, 0.6) is 0 Å². The molecule has 1 saturated heterocycles. The Morgan fingerprint density at radius 1 is 0.962 bits per heavy atom. The number of benzene rings is 2. The van der Waals surface area contributed by atoms with Gasteiger partial charge in [-0.1, -0.05) is 48.5 Å². The molecule has 0 aliphatic carbocycles. The Balaban J connectivity index is 1.54. The van der Waals surface area contributed by atoms with Gasteiger partial charge < -0.3 is 5.32 Å². The molecule has 0 spiro atoms. The molecule has 5 heteroatoms. The van der Waals surface area contributed by atoms with Crippen LogP contribution in [0.15, 0.2) is 78.5 Å². The lowest BCUT2D eigenvalue weighted by Gasteiger charge is -2.13. The Morgan fingerprint density at radius 3 is 2.38 bits per heavy atom. The van der Waals surface area contributed by atoms with Crippen LogP contribution in [0.4, 0.5) is 5.69 Å². The zero-order valence-corrected chi connectivity index (χ0v) is 15.5. The Hall–Kier alpha value is -2.76. The molecule has 1 aliphatic heterocycles. The summed E-state index contributed by atoms with van der Waals surface area (Å²) in [5.41, 5.74) is 2.56. The van der Waals surface area contributed by atoms with E-state index < -0.39 is 0 Å². The van der Waals surface area contributed by atoms with Gasteiger partial charge in [0.25, 0.3) is 5.91 Å². The minimum atomic E-state index is -0.126. The van der Waals surface area contributed by atoms with Gasteiger partial charge in [-0.25, -0.2) is 0 Å². The van der Waals surface area contributed by atoms with Crippen molar-refractivity contribution in [3.63, 3.8) is 0 Å². The van der Waals surface area contributed by atoms with Crippen molar-refractivity contribution in [2.45, 2.75) is 6.42 Å². The monoisotopic (exact) mass is 376 g/mol. The molecular weight excluding hydrogens is 360 g/mol. The normalized spacial score (nSPS) is 15.5. The highest BCUT2D eigenvalue weighted by atomic mass is 32.1. The molecule has 0 saturated carbocycles. The summed E-state index contributed by atoms with van der Waals surface area (Å²) in [7, 11) is 0. The topological polar surface area (TPSA) is 32.3 Å².